The first kappa shape index (κ1) is 63.1. The summed E-state index contributed by atoms with van der Waals surface area (Å²) < 4.78 is 34.3. The Morgan fingerprint density at radius 2 is 0.803 bits per heavy atom. The molecule has 0 aromatic heterocycles. The largest absolute Gasteiger partial charge is 0.472 e. The molecule has 1 rings (SSSR count). The number of phosphoric acid groups is 1. The number of aliphatic hydroxyl groups excluding tert-OH is 5. The average Bonchev–Trinajstić information content (AvgIpc) is 3.30. The fourth-order valence-corrected chi connectivity index (χ4v) is 9.74. The summed E-state index contributed by atoms with van der Waals surface area (Å²) in [6.07, 6.45) is 38.6. The van der Waals surface area contributed by atoms with E-state index in [0.29, 0.717) is 13.0 Å². The Kier molecular flexibility index (Phi) is 42.1. The van der Waals surface area contributed by atoms with Gasteiger partial charge in [0.25, 0.3) is 0 Å². The third kappa shape index (κ3) is 35.2. The molecule has 0 aromatic carbocycles. The Hall–Kier alpha value is -0.920. The number of unbranched alkanes of at least 4 members (excludes halogenated alkanes) is 34. The van der Waals surface area contributed by atoms with E-state index in [1.165, 1.54) is 173 Å². The smallest absolute Gasteiger partial charge is 0.457 e. The van der Waals surface area contributed by atoms with Crippen LogP contribution < -0.4 is 0 Å². The minimum Gasteiger partial charge on any atom is -0.457 e. The van der Waals surface area contributed by atoms with Crippen LogP contribution in [0.3, 0.4) is 0 Å². The van der Waals surface area contributed by atoms with Crippen molar-refractivity contribution in [2.24, 2.45) is 0 Å². The quantitative estimate of drug-likeness (QED) is 0.0147. The molecule has 0 bridgehead atoms. The number of hydrogen-bond acceptors (Lipinski definition) is 11. The van der Waals surface area contributed by atoms with Gasteiger partial charge in [-0.1, -0.05) is 225 Å². The number of rotatable bonds is 48. The van der Waals surface area contributed by atoms with Crippen LogP contribution in [0.5, 0.6) is 0 Å². The molecule has 6 atom stereocenters. The minimum absolute atomic E-state index is 0.0736. The lowest BCUT2D eigenvalue weighted by molar-refractivity contribution is -0.220. The Bertz CT molecular complexity index is 1140. The van der Waals surface area contributed by atoms with Gasteiger partial charge in [-0.25, -0.2) is 4.57 Å². The summed E-state index contributed by atoms with van der Waals surface area (Å²) in [5.74, 6) is -0.480. The number of hydrogen-bond donors (Lipinski definition) is 6. The van der Waals surface area contributed by atoms with Crippen molar-refractivity contribution in [3.63, 3.8) is 0 Å². The van der Waals surface area contributed by atoms with Gasteiger partial charge in [-0.3, -0.25) is 13.8 Å². The van der Waals surface area contributed by atoms with E-state index >= 15 is 0 Å². The molecule has 0 spiro atoms. The van der Waals surface area contributed by atoms with Crippen molar-refractivity contribution in [1.29, 1.82) is 0 Å². The lowest BCUT2D eigenvalue weighted by atomic mass is 9.85. The predicted molar refractivity (Wildman–Crippen MR) is 267 cm³/mol. The number of carbonyl (C=O) groups excluding carboxylic acids is 1. The van der Waals surface area contributed by atoms with E-state index in [1.54, 1.807) is 0 Å². The molecule has 1 aliphatic carbocycles. The van der Waals surface area contributed by atoms with E-state index in [0.717, 1.165) is 57.8 Å². The second kappa shape index (κ2) is 44.1. The Labute approximate surface area is 403 Å². The molecular weight excluding hydrogens is 860 g/mol. The molecule has 0 amide bonds. The minimum atomic E-state index is -5.02. The van der Waals surface area contributed by atoms with Gasteiger partial charge in [-0.05, 0) is 38.5 Å². The van der Waals surface area contributed by atoms with E-state index < -0.39 is 63.1 Å². The number of allylic oxidation sites excluding steroid dienone is 2. The van der Waals surface area contributed by atoms with Crippen LogP contribution in [-0.4, -0.2) is 98.9 Å². The van der Waals surface area contributed by atoms with Crippen molar-refractivity contribution in [2.45, 2.75) is 301 Å². The summed E-state index contributed by atoms with van der Waals surface area (Å²) in [5.41, 5.74) is 0. The molecule has 0 radical (unpaired) electrons. The maximum Gasteiger partial charge on any atom is 0.472 e. The third-order valence-corrected chi connectivity index (χ3v) is 14.1. The van der Waals surface area contributed by atoms with Crippen molar-refractivity contribution in [1.82, 2.24) is 0 Å². The fraction of sp³-hybridized carbons (Fsp3) is 0.943. The zero-order valence-electron chi connectivity index (χ0n) is 42.3. The standard InChI is InChI=1S/C53H103O12P/c1-3-5-7-9-11-13-15-17-19-21-22-23-24-25-26-27-29-31-33-35-37-39-41-43-62-44-46(45-63-66(60,61)65-53-51(58)49(56)48(55)50(57)52(53)59)64-47(54)42-40-38-36-34-32-30-28-20-18-16-14-12-10-8-6-4-2/h20,28,46,48-53,55-59H,3-19,21-27,29-45H2,1-2H3,(H,60,61)/b28-20-. The molecule has 0 aliphatic heterocycles. The van der Waals surface area contributed by atoms with Crippen LogP contribution in [0.4, 0.5) is 0 Å². The molecule has 1 saturated carbocycles. The Morgan fingerprint density at radius 1 is 0.470 bits per heavy atom. The Morgan fingerprint density at radius 3 is 1.20 bits per heavy atom. The summed E-state index contributed by atoms with van der Waals surface area (Å²) in [4.78, 5) is 23.2. The number of ether oxygens (including phenoxy) is 2. The summed E-state index contributed by atoms with van der Waals surface area (Å²) in [7, 11) is -5.02. The van der Waals surface area contributed by atoms with Gasteiger partial charge in [0.05, 0.1) is 13.2 Å². The second-order valence-electron chi connectivity index (χ2n) is 19.4. The third-order valence-electron chi connectivity index (χ3n) is 13.1. The van der Waals surface area contributed by atoms with E-state index in [4.69, 9.17) is 18.5 Å². The van der Waals surface area contributed by atoms with Gasteiger partial charge in [0.2, 0.25) is 0 Å². The number of aliphatic hydroxyl groups is 5. The van der Waals surface area contributed by atoms with Crippen molar-refractivity contribution in [3.05, 3.63) is 12.2 Å². The van der Waals surface area contributed by atoms with E-state index in [9.17, 15) is 39.8 Å². The zero-order chi connectivity index (χ0) is 48.4. The molecule has 392 valence electrons. The van der Waals surface area contributed by atoms with Crippen molar-refractivity contribution < 1.29 is 58.3 Å². The van der Waals surface area contributed by atoms with Crippen molar-refractivity contribution in [2.75, 3.05) is 19.8 Å². The van der Waals surface area contributed by atoms with Crippen LogP contribution in [0.25, 0.3) is 0 Å². The highest BCUT2D eigenvalue weighted by Crippen LogP contribution is 2.47. The van der Waals surface area contributed by atoms with Crippen LogP contribution in [0.2, 0.25) is 0 Å². The number of phosphoric ester groups is 1. The van der Waals surface area contributed by atoms with Crippen molar-refractivity contribution in [3.8, 4) is 0 Å². The molecule has 66 heavy (non-hydrogen) atoms. The summed E-state index contributed by atoms with van der Waals surface area (Å²) in [5, 5.41) is 50.3. The lowest BCUT2D eigenvalue weighted by Crippen LogP contribution is -2.64. The van der Waals surface area contributed by atoms with Gasteiger partial charge in [-0.2, -0.15) is 0 Å². The molecule has 0 heterocycles. The van der Waals surface area contributed by atoms with Gasteiger partial charge in [-0.15, -0.1) is 0 Å². The van der Waals surface area contributed by atoms with Crippen LogP contribution in [0.15, 0.2) is 12.2 Å². The Balaban J connectivity index is 2.28. The first-order valence-corrected chi connectivity index (χ1v) is 29.0. The fourth-order valence-electron chi connectivity index (χ4n) is 8.77. The van der Waals surface area contributed by atoms with Crippen LogP contribution in [0, 0.1) is 0 Å². The molecule has 0 aromatic rings. The molecule has 13 heteroatoms. The van der Waals surface area contributed by atoms with Crippen LogP contribution in [-0.2, 0) is 27.9 Å². The monoisotopic (exact) mass is 963 g/mol. The first-order chi connectivity index (χ1) is 32.0. The molecular formula is C53H103O12P. The molecule has 6 N–H and O–H groups in total. The number of esters is 1. The van der Waals surface area contributed by atoms with Gasteiger partial charge in [0.15, 0.2) is 0 Å². The van der Waals surface area contributed by atoms with Crippen LogP contribution >= 0.6 is 7.82 Å². The summed E-state index contributed by atoms with van der Waals surface area (Å²) in [6, 6.07) is 0. The highest BCUT2D eigenvalue weighted by atomic mass is 31.2. The van der Waals surface area contributed by atoms with Gasteiger partial charge < -0.3 is 39.9 Å². The molecule has 1 fully saturated rings. The average molecular weight is 963 g/mol. The zero-order valence-corrected chi connectivity index (χ0v) is 43.2. The molecule has 6 unspecified atom stereocenters. The van der Waals surface area contributed by atoms with E-state index in [-0.39, 0.29) is 13.0 Å². The maximum atomic E-state index is 12.9. The van der Waals surface area contributed by atoms with Crippen LogP contribution in [0.1, 0.15) is 258 Å². The topological polar surface area (TPSA) is 192 Å². The highest BCUT2D eigenvalue weighted by molar-refractivity contribution is 7.47. The summed E-state index contributed by atoms with van der Waals surface area (Å²) in [6.45, 7) is 4.30. The van der Waals surface area contributed by atoms with Gasteiger partial charge >= 0.3 is 13.8 Å². The predicted octanol–water partition coefficient (Wildman–Crippen LogP) is 12.7. The highest BCUT2D eigenvalue weighted by Gasteiger charge is 2.51. The molecule has 0 saturated heterocycles. The van der Waals surface area contributed by atoms with Gasteiger partial charge in [0, 0.05) is 13.0 Å². The normalized spacial score (nSPS) is 21.4. The van der Waals surface area contributed by atoms with Crippen molar-refractivity contribution >= 4 is 13.8 Å². The maximum absolute atomic E-state index is 12.9. The number of carbonyl (C=O) groups is 1. The lowest BCUT2D eigenvalue weighted by Gasteiger charge is -2.41. The SMILES string of the molecule is CCCCCCCCC/C=C\CCCCCCCC(=O)OC(COCCCCCCCCCCCCCCCCCCCCCCCCC)COP(=O)(O)OC1C(O)C(O)C(O)C(O)C1O. The first-order valence-electron chi connectivity index (χ1n) is 27.5. The molecule has 12 nitrogen and oxygen atoms in total. The van der Waals surface area contributed by atoms with E-state index in [2.05, 4.69) is 26.0 Å². The van der Waals surface area contributed by atoms with Gasteiger partial charge in [0.1, 0.15) is 42.7 Å². The van der Waals surface area contributed by atoms with E-state index in [1.807, 2.05) is 0 Å². The second-order valence-corrected chi connectivity index (χ2v) is 20.8. The summed E-state index contributed by atoms with van der Waals surface area (Å²) >= 11 is 0. The molecule has 1 aliphatic rings.